The molecule has 0 radical (unpaired) electrons. The minimum absolute atomic E-state index is 0.0426. The Kier molecular flexibility index (Phi) is 7.17. The molecule has 0 aromatic heterocycles. The Labute approximate surface area is 136 Å². The summed E-state index contributed by atoms with van der Waals surface area (Å²) in [4.78, 5) is 12.1. The molecule has 0 aliphatic rings. The predicted octanol–water partition coefficient (Wildman–Crippen LogP) is 3.74. The molecule has 0 saturated carbocycles. The SMILES string of the molecule is CC(C)[C@@H](CC(=O)/C=C/c1ccccc1)NS(=O)C(C)(C)C. The molecule has 0 aliphatic carbocycles. The van der Waals surface area contributed by atoms with Crippen LogP contribution in [-0.4, -0.2) is 20.8 Å². The normalized spacial score (nSPS) is 15.2. The fraction of sp³-hybridized carbons (Fsp3) is 0.500. The van der Waals surface area contributed by atoms with Crippen LogP contribution >= 0.6 is 0 Å². The van der Waals surface area contributed by atoms with Crippen LogP contribution in [-0.2, 0) is 15.8 Å². The second kappa shape index (κ2) is 8.39. The third kappa shape index (κ3) is 6.67. The van der Waals surface area contributed by atoms with Gasteiger partial charge in [0.15, 0.2) is 5.78 Å². The molecule has 0 saturated heterocycles. The van der Waals surface area contributed by atoms with Gasteiger partial charge in [-0.2, -0.15) is 0 Å². The van der Waals surface area contributed by atoms with Gasteiger partial charge in [-0.25, -0.2) is 8.93 Å². The Morgan fingerprint density at radius 1 is 1.23 bits per heavy atom. The van der Waals surface area contributed by atoms with Crippen LogP contribution < -0.4 is 4.72 Å². The van der Waals surface area contributed by atoms with Crippen LogP contribution in [0.2, 0.25) is 0 Å². The van der Waals surface area contributed by atoms with Gasteiger partial charge < -0.3 is 0 Å². The second-order valence-electron chi connectivity index (χ2n) is 6.76. The summed E-state index contributed by atoms with van der Waals surface area (Å²) >= 11 is 0. The number of allylic oxidation sites excluding steroid dienone is 1. The van der Waals surface area contributed by atoms with Gasteiger partial charge in [-0.3, -0.25) is 4.79 Å². The molecule has 22 heavy (non-hydrogen) atoms. The maximum atomic E-state index is 12.2. The molecule has 1 rings (SSSR count). The van der Waals surface area contributed by atoms with Crippen molar-refractivity contribution in [1.82, 2.24) is 4.72 Å². The molecule has 0 spiro atoms. The van der Waals surface area contributed by atoms with E-state index >= 15 is 0 Å². The van der Waals surface area contributed by atoms with E-state index in [4.69, 9.17) is 0 Å². The van der Waals surface area contributed by atoms with Crippen molar-refractivity contribution in [1.29, 1.82) is 0 Å². The highest BCUT2D eigenvalue weighted by Gasteiger charge is 2.25. The molecule has 0 bridgehead atoms. The molecule has 0 aliphatic heterocycles. The van der Waals surface area contributed by atoms with Crippen molar-refractivity contribution in [2.45, 2.75) is 51.8 Å². The number of ketones is 1. The molecule has 1 aromatic rings. The number of rotatable bonds is 7. The number of hydrogen-bond donors (Lipinski definition) is 1. The third-order valence-electron chi connectivity index (χ3n) is 3.30. The van der Waals surface area contributed by atoms with Crippen molar-refractivity contribution in [3.8, 4) is 0 Å². The van der Waals surface area contributed by atoms with Gasteiger partial charge in [0, 0.05) is 12.5 Å². The molecule has 1 aromatic carbocycles. The Bertz CT molecular complexity index is 530. The van der Waals surface area contributed by atoms with E-state index in [0.717, 1.165) is 5.56 Å². The first-order chi connectivity index (χ1) is 10.2. The average molecular weight is 321 g/mol. The smallest absolute Gasteiger partial charge is 0.157 e. The zero-order valence-corrected chi connectivity index (χ0v) is 14.9. The third-order valence-corrected chi connectivity index (χ3v) is 4.93. The van der Waals surface area contributed by atoms with Gasteiger partial charge in [0.05, 0.1) is 15.7 Å². The summed E-state index contributed by atoms with van der Waals surface area (Å²) in [6, 6.07) is 9.64. The van der Waals surface area contributed by atoms with E-state index in [-0.39, 0.29) is 22.5 Å². The lowest BCUT2D eigenvalue weighted by molar-refractivity contribution is -0.115. The molecular weight excluding hydrogens is 294 g/mol. The van der Waals surface area contributed by atoms with Crippen LogP contribution in [0.15, 0.2) is 36.4 Å². The Morgan fingerprint density at radius 2 is 1.82 bits per heavy atom. The molecule has 3 nitrogen and oxygen atoms in total. The number of hydrogen-bond acceptors (Lipinski definition) is 2. The molecular formula is C18H27NO2S. The second-order valence-corrected chi connectivity index (χ2v) is 8.76. The maximum Gasteiger partial charge on any atom is 0.157 e. The van der Waals surface area contributed by atoms with Crippen LogP contribution in [0.1, 0.15) is 46.6 Å². The lowest BCUT2D eigenvalue weighted by atomic mass is 9.99. The zero-order chi connectivity index (χ0) is 16.8. The van der Waals surface area contributed by atoms with Crippen LogP contribution in [0.4, 0.5) is 0 Å². The number of nitrogens with one attached hydrogen (secondary N) is 1. The minimum Gasteiger partial charge on any atom is -0.295 e. The van der Waals surface area contributed by atoms with Gasteiger partial charge in [0.1, 0.15) is 0 Å². The van der Waals surface area contributed by atoms with E-state index in [1.165, 1.54) is 0 Å². The predicted molar refractivity (Wildman–Crippen MR) is 94.8 cm³/mol. The standard InChI is InChI=1S/C18H27NO2S/c1-14(2)17(19-22(21)18(3,4)5)13-16(20)12-11-15-9-7-6-8-10-15/h6-12,14,17,19H,13H2,1-5H3/b12-11+/t17-,22?/m1/s1. The highest BCUT2D eigenvalue weighted by Crippen LogP contribution is 2.14. The fourth-order valence-corrected chi connectivity index (χ4v) is 2.75. The summed E-state index contributed by atoms with van der Waals surface area (Å²) in [5.41, 5.74) is 1.00. The van der Waals surface area contributed by atoms with Crippen molar-refractivity contribution in [2.24, 2.45) is 5.92 Å². The van der Waals surface area contributed by atoms with E-state index in [2.05, 4.69) is 4.72 Å². The van der Waals surface area contributed by atoms with E-state index in [9.17, 15) is 9.00 Å². The lowest BCUT2D eigenvalue weighted by Crippen LogP contribution is -2.43. The van der Waals surface area contributed by atoms with Crippen molar-refractivity contribution >= 4 is 22.8 Å². The number of benzene rings is 1. The summed E-state index contributed by atoms with van der Waals surface area (Å²) in [6.45, 7) is 9.83. The summed E-state index contributed by atoms with van der Waals surface area (Å²) in [5.74, 6) is 0.279. The van der Waals surface area contributed by atoms with Crippen LogP contribution in [0, 0.1) is 5.92 Å². The largest absolute Gasteiger partial charge is 0.295 e. The molecule has 0 heterocycles. The van der Waals surface area contributed by atoms with E-state index < -0.39 is 11.0 Å². The van der Waals surface area contributed by atoms with E-state index in [0.29, 0.717) is 6.42 Å². The molecule has 1 unspecified atom stereocenters. The minimum atomic E-state index is -1.17. The van der Waals surface area contributed by atoms with Gasteiger partial charge in [-0.15, -0.1) is 0 Å². The van der Waals surface area contributed by atoms with Gasteiger partial charge >= 0.3 is 0 Å². The molecule has 1 N–H and O–H groups in total. The van der Waals surface area contributed by atoms with Gasteiger partial charge in [0.2, 0.25) is 0 Å². The van der Waals surface area contributed by atoms with Crippen LogP contribution in [0.3, 0.4) is 0 Å². The quantitative estimate of drug-likeness (QED) is 0.778. The van der Waals surface area contributed by atoms with Crippen molar-refractivity contribution < 1.29 is 9.00 Å². The van der Waals surface area contributed by atoms with Gasteiger partial charge in [-0.1, -0.05) is 50.3 Å². The lowest BCUT2D eigenvalue weighted by Gasteiger charge is -2.26. The molecule has 0 fully saturated rings. The van der Waals surface area contributed by atoms with E-state index in [1.807, 2.05) is 71.0 Å². The number of carbonyl (C=O) groups excluding carboxylic acids is 1. The monoisotopic (exact) mass is 321 g/mol. The number of carbonyl (C=O) groups is 1. The topological polar surface area (TPSA) is 46.2 Å². The molecule has 2 atom stereocenters. The van der Waals surface area contributed by atoms with Gasteiger partial charge in [-0.05, 0) is 38.3 Å². The molecule has 4 heteroatoms. The first-order valence-corrected chi connectivity index (χ1v) is 8.79. The molecule has 122 valence electrons. The summed E-state index contributed by atoms with van der Waals surface area (Å²) in [7, 11) is -1.17. The van der Waals surface area contributed by atoms with Crippen molar-refractivity contribution in [2.75, 3.05) is 0 Å². The van der Waals surface area contributed by atoms with Crippen molar-refractivity contribution in [3.05, 3.63) is 42.0 Å². The zero-order valence-electron chi connectivity index (χ0n) is 14.1. The van der Waals surface area contributed by atoms with Gasteiger partial charge in [0.25, 0.3) is 0 Å². The summed E-state index contributed by atoms with van der Waals surface area (Å²) in [6.07, 6.45) is 3.77. The Morgan fingerprint density at radius 3 is 2.32 bits per heavy atom. The first kappa shape index (κ1) is 18.8. The van der Waals surface area contributed by atoms with E-state index in [1.54, 1.807) is 6.08 Å². The Balaban J connectivity index is 2.65. The summed E-state index contributed by atoms with van der Waals surface area (Å²) < 4.78 is 15.0. The summed E-state index contributed by atoms with van der Waals surface area (Å²) in [5, 5.41) is 0. The fourth-order valence-electron chi connectivity index (χ4n) is 1.77. The first-order valence-electron chi connectivity index (χ1n) is 7.64. The highest BCUT2D eigenvalue weighted by molar-refractivity contribution is 7.84. The van der Waals surface area contributed by atoms with Crippen LogP contribution in [0.5, 0.6) is 0 Å². The highest BCUT2D eigenvalue weighted by atomic mass is 32.2. The average Bonchev–Trinajstić information content (AvgIpc) is 2.44. The Hall–Kier alpha value is -1.26. The molecule has 0 amide bonds. The maximum absolute atomic E-state index is 12.2. The van der Waals surface area contributed by atoms with Crippen molar-refractivity contribution in [3.63, 3.8) is 0 Å². The van der Waals surface area contributed by atoms with Crippen LogP contribution in [0.25, 0.3) is 6.08 Å².